The van der Waals surface area contributed by atoms with Gasteiger partial charge in [0.05, 0.1) is 30.9 Å². The first-order chi connectivity index (χ1) is 18.6. The van der Waals surface area contributed by atoms with Crippen LogP contribution in [0.3, 0.4) is 0 Å². The Morgan fingerprint density at radius 1 is 1.08 bits per heavy atom. The van der Waals surface area contributed by atoms with Crippen LogP contribution < -0.4 is 14.8 Å². The molecular formula is C25H17Cl2F3N6O3. The number of hydrogen-bond donors (Lipinski definition) is 1. The van der Waals surface area contributed by atoms with Crippen molar-refractivity contribution in [1.82, 2.24) is 24.4 Å². The van der Waals surface area contributed by atoms with Crippen LogP contribution in [0.15, 0.2) is 67.0 Å². The Kier molecular flexibility index (Phi) is 7.06. The molecule has 200 valence electrons. The van der Waals surface area contributed by atoms with Gasteiger partial charge < -0.3 is 14.8 Å². The average Bonchev–Trinajstić information content (AvgIpc) is 3.50. The van der Waals surface area contributed by atoms with Gasteiger partial charge in [-0.25, -0.2) is 14.2 Å². The molecule has 14 heteroatoms. The van der Waals surface area contributed by atoms with E-state index >= 15 is 0 Å². The molecule has 5 aromatic rings. The predicted molar refractivity (Wildman–Crippen MR) is 137 cm³/mol. The number of halogens is 5. The van der Waals surface area contributed by atoms with E-state index in [1.807, 2.05) is 0 Å². The van der Waals surface area contributed by atoms with Gasteiger partial charge in [0, 0.05) is 10.6 Å². The van der Waals surface area contributed by atoms with E-state index in [1.165, 1.54) is 30.3 Å². The standard InChI is InChI=1S/C25H17Cl2F3N6O3/c1-38-17-6-2-4-14(8-17)19-10-20(25(28,29)30)36-23(33-19)21(27)22(34-36)24(37)32-16-11-31-35(12-16)13-39-18-7-3-5-15(26)9-18/h2-12H,13H2,1H3,(H,32,37). The van der Waals surface area contributed by atoms with Crippen LogP contribution in [-0.2, 0) is 12.9 Å². The fourth-order valence-electron chi connectivity index (χ4n) is 3.66. The quantitative estimate of drug-likeness (QED) is 0.247. The third-order valence-electron chi connectivity index (χ3n) is 5.45. The van der Waals surface area contributed by atoms with Crippen molar-refractivity contribution in [3.8, 4) is 22.8 Å². The van der Waals surface area contributed by atoms with Crippen LogP contribution in [0.4, 0.5) is 18.9 Å². The number of hydrogen-bond acceptors (Lipinski definition) is 6. The lowest BCUT2D eigenvalue weighted by Gasteiger charge is -2.11. The molecule has 0 aliphatic rings. The van der Waals surface area contributed by atoms with E-state index in [2.05, 4.69) is 20.5 Å². The zero-order chi connectivity index (χ0) is 27.7. The van der Waals surface area contributed by atoms with Gasteiger partial charge in [0.1, 0.15) is 16.5 Å². The van der Waals surface area contributed by atoms with Gasteiger partial charge in [-0.15, -0.1) is 0 Å². The van der Waals surface area contributed by atoms with Crippen LogP contribution in [0.5, 0.6) is 11.5 Å². The molecule has 9 nitrogen and oxygen atoms in total. The topological polar surface area (TPSA) is 95.6 Å². The summed E-state index contributed by atoms with van der Waals surface area (Å²) in [6.45, 7) is 0.0112. The highest BCUT2D eigenvalue weighted by molar-refractivity contribution is 6.37. The lowest BCUT2D eigenvalue weighted by atomic mass is 10.1. The molecular weight excluding hydrogens is 560 g/mol. The Balaban J connectivity index is 1.42. The van der Waals surface area contributed by atoms with Crippen molar-refractivity contribution in [2.75, 3.05) is 12.4 Å². The van der Waals surface area contributed by atoms with Crippen LogP contribution >= 0.6 is 23.2 Å². The molecule has 39 heavy (non-hydrogen) atoms. The lowest BCUT2D eigenvalue weighted by molar-refractivity contribution is -0.142. The van der Waals surface area contributed by atoms with Crippen LogP contribution in [-0.4, -0.2) is 37.4 Å². The summed E-state index contributed by atoms with van der Waals surface area (Å²) in [6, 6.07) is 14.0. The first kappa shape index (κ1) is 26.3. The smallest absolute Gasteiger partial charge is 0.433 e. The number of nitrogens with zero attached hydrogens (tertiary/aromatic N) is 5. The van der Waals surface area contributed by atoms with Crippen LogP contribution in [0.2, 0.25) is 10.0 Å². The van der Waals surface area contributed by atoms with Crippen molar-refractivity contribution >= 4 is 40.4 Å². The van der Waals surface area contributed by atoms with E-state index in [9.17, 15) is 18.0 Å². The van der Waals surface area contributed by atoms with Crippen molar-refractivity contribution in [3.05, 3.63) is 88.4 Å². The highest BCUT2D eigenvalue weighted by Gasteiger charge is 2.36. The molecule has 1 amide bonds. The molecule has 0 saturated carbocycles. The second-order valence-corrected chi connectivity index (χ2v) is 8.92. The maximum absolute atomic E-state index is 14.0. The van der Waals surface area contributed by atoms with E-state index in [4.69, 9.17) is 32.7 Å². The van der Waals surface area contributed by atoms with E-state index in [0.29, 0.717) is 26.6 Å². The summed E-state index contributed by atoms with van der Waals surface area (Å²) >= 11 is 12.3. The van der Waals surface area contributed by atoms with E-state index in [0.717, 1.165) is 6.07 Å². The first-order valence-corrected chi connectivity index (χ1v) is 11.9. The van der Waals surface area contributed by atoms with Gasteiger partial charge >= 0.3 is 6.18 Å². The molecule has 0 aliphatic heterocycles. The summed E-state index contributed by atoms with van der Waals surface area (Å²) in [5, 5.41) is 10.6. The average molecular weight is 577 g/mol. The van der Waals surface area contributed by atoms with Crippen LogP contribution in [0.1, 0.15) is 16.2 Å². The summed E-state index contributed by atoms with van der Waals surface area (Å²) in [5.74, 6) is 0.0964. The number of alkyl halides is 3. The molecule has 0 aliphatic carbocycles. The third kappa shape index (κ3) is 5.61. The molecule has 0 atom stereocenters. The summed E-state index contributed by atoms with van der Waals surface area (Å²) < 4.78 is 54.6. The number of aromatic nitrogens is 5. The molecule has 0 fully saturated rings. The van der Waals surface area contributed by atoms with Crippen molar-refractivity contribution in [1.29, 1.82) is 0 Å². The predicted octanol–water partition coefficient (Wildman–Crippen LogP) is 6.22. The fourth-order valence-corrected chi connectivity index (χ4v) is 4.08. The number of carbonyl (C=O) groups is 1. The number of methoxy groups -OCH3 is 1. The second-order valence-electron chi connectivity index (χ2n) is 8.11. The maximum atomic E-state index is 14.0. The van der Waals surface area contributed by atoms with Gasteiger partial charge in [0.2, 0.25) is 0 Å². The minimum atomic E-state index is -4.82. The van der Waals surface area contributed by atoms with E-state index in [1.54, 1.807) is 42.5 Å². The Bertz CT molecular complexity index is 1690. The monoisotopic (exact) mass is 576 g/mol. The van der Waals surface area contributed by atoms with Crippen molar-refractivity contribution in [3.63, 3.8) is 0 Å². The molecule has 0 saturated heterocycles. The Morgan fingerprint density at radius 3 is 2.59 bits per heavy atom. The molecule has 0 spiro atoms. The number of fused-ring (bicyclic) bond motifs is 1. The highest BCUT2D eigenvalue weighted by Crippen LogP contribution is 2.35. The summed E-state index contributed by atoms with van der Waals surface area (Å²) in [6.07, 6.45) is -2.02. The SMILES string of the molecule is COc1cccc(-c2cc(C(F)(F)F)n3nc(C(=O)Nc4cnn(COc5cccc(Cl)c5)c4)c(Cl)c3n2)c1. The van der Waals surface area contributed by atoms with Gasteiger partial charge in [-0.3, -0.25) is 4.79 Å². The normalized spacial score (nSPS) is 11.5. The summed E-state index contributed by atoms with van der Waals surface area (Å²) in [4.78, 5) is 17.2. The van der Waals surface area contributed by atoms with Gasteiger partial charge in [-0.05, 0) is 36.4 Å². The van der Waals surface area contributed by atoms with Crippen LogP contribution in [0.25, 0.3) is 16.9 Å². The number of rotatable bonds is 7. The number of amides is 1. The molecule has 3 aromatic heterocycles. The Morgan fingerprint density at radius 2 is 1.85 bits per heavy atom. The second kappa shape index (κ2) is 10.5. The number of carbonyl (C=O) groups excluding carboxylic acids is 1. The molecule has 0 unspecified atom stereocenters. The van der Waals surface area contributed by atoms with Crippen molar-refractivity contribution < 1.29 is 27.4 Å². The molecule has 5 rings (SSSR count). The van der Waals surface area contributed by atoms with Gasteiger partial charge in [0.15, 0.2) is 23.8 Å². The Hall–Kier alpha value is -4.29. The largest absolute Gasteiger partial charge is 0.497 e. The molecule has 2 aromatic carbocycles. The molecule has 0 radical (unpaired) electrons. The molecule has 0 bridgehead atoms. The fraction of sp³-hybridized carbons (Fsp3) is 0.120. The number of benzene rings is 2. The minimum Gasteiger partial charge on any atom is -0.497 e. The Labute approximate surface area is 228 Å². The summed E-state index contributed by atoms with van der Waals surface area (Å²) in [7, 11) is 1.44. The molecule has 3 heterocycles. The van der Waals surface area contributed by atoms with Crippen molar-refractivity contribution in [2.24, 2.45) is 0 Å². The van der Waals surface area contributed by atoms with Gasteiger partial charge in [-0.2, -0.15) is 23.4 Å². The van der Waals surface area contributed by atoms with E-state index in [-0.39, 0.29) is 28.8 Å². The highest BCUT2D eigenvalue weighted by atomic mass is 35.5. The first-order valence-electron chi connectivity index (χ1n) is 11.2. The maximum Gasteiger partial charge on any atom is 0.433 e. The van der Waals surface area contributed by atoms with Crippen molar-refractivity contribution in [2.45, 2.75) is 12.9 Å². The zero-order valence-corrected chi connectivity index (χ0v) is 21.4. The number of ether oxygens (including phenoxy) is 2. The molecule has 1 N–H and O–H groups in total. The van der Waals surface area contributed by atoms with Gasteiger partial charge in [0.25, 0.3) is 5.91 Å². The van der Waals surface area contributed by atoms with Gasteiger partial charge in [-0.1, -0.05) is 41.4 Å². The zero-order valence-electron chi connectivity index (χ0n) is 19.9. The minimum absolute atomic E-state index is 0.0112. The number of anilines is 1. The van der Waals surface area contributed by atoms with E-state index < -0.39 is 23.5 Å². The third-order valence-corrected chi connectivity index (χ3v) is 6.04. The van der Waals surface area contributed by atoms with Crippen LogP contribution in [0, 0.1) is 0 Å². The summed E-state index contributed by atoms with van der Waals surface area (Å²) in [5.41, 5.74) is -1.36. The number of nitrogens with one attached hydrogen (secondary N) is 1. The lowest BCUT2D eigenvalue weighted by Crippen LogP contribution is -2.15.